The summed E-state index contributed by atoms with van der Waals surface area (Å²) >= 11 is 0. The van der Waals surface area contributed by atoms with Crippen molar-refractivity contribution in [3.8, 4) is 0 Å². The molecular weight excluding hydrogens is 387 g/mol. The van der Waals surface area contributed by atoms with Crippen molar-refractivity contribution in [3.63, 3.8) is 0 Å². The van der Waals surface area contributed by atoms with E-state index in [1.165, 1.54) is 22.6 Å². The molecule has 1 aromatic heterocycles. The maximum absolute atomic E-state index is 14.7. The molecule has 4 rings (SSSR count). The van der Waals surface area contributed by atoms with Crippen molar-refractivity contribution in [1.82, 2.24) is 9.88 Å². The number of nitrogens with zero attached hydrogens (tertiary/aromatic N) is 4. The predicted molar refractivity (Wildman–Crippen MR) is 112 cm³/mol. The number of hydrogen-bond acceptors (Lipinski definition) is 5. The second-order valence-electron chi connectivity index (χ2n) is 7.56. The molecule has 2 aliphatic rings. The number of carbonyl (C=O) groups is 2. The van der Waals surface area contributed by atoms with E-state index in [0.29, 0.717) is 38.4 Å². The van der Waals surface area contributed by atoms with Crippen LogP contribution in [0, 0.1) is 12.7 Å². The number of amides is 2. The number of aromatic nitrogens is 1. The molecule has 0 unspecified atom stereocenters. The predicted octanol–water partition coefficient (Wildman–Crippen LogP) is 3.01. The Hall–Kier alpha value is -3.16. The monoisotopic (exact) mass is 412 g/mol. The van der Waals surface area contributed by atoms with E-state index in [9.17, 15) is 14.0 Å². The zero-order valence-corrected chi connectivity index (χ0v) is 17.2. The van der Waals surface area contributed by atoms with E-state index in [2.05, 4.69) is 22.9 Å². The molecule has 158 valence electrons. The zero-order chi connectivity index (χ0) is 21.3. The highest BCUT2D eigenvalue weighted by molar-refractivity contribution is 5.96. The molecule has 0 atom stereocenters. The fraction of sp³-hybridized carbons (Fsp3) is 0.409. The Balaban J connectivity index is 1.44. The molecule has 8 heteroatoms. The van der Waals surface area contributed by atoms with E-state index in [1.54, 1.807) is 11.0 Å². The summed E-state index contributed by atoms with van der Waals surface area (Å²) in [7, 11) is 0. The van der Waals surface area contributed by atoms with Gasteiger partial charge in [0.05, 0.1) is 17.8 Å². The van der Waals surface area contributed by atoms with Crippen molar-refractivity contribution in [3.05, 3.63) is 53.0 Å². The third-order valence-corrected chi connectivity index (χ3v) is 5.58. The number of anilines is 2. The normalized spacial score (nSPS) is 16.8. The van der Waals surface area contributed by atoms with Gasteiger partial charge >= 0.3 is 6.09 Å². The summed E-state index contributed by atoms with van der Waals surface area (Å²) in [6, 6.07) is 6.40. The number of ether oxygens (including phenoxy) is 1. The Morgan fingerprint density at radius 3 is 2.57 bits per heavy atom. The molecule has 2 fully saturated rings. The van der Waals surface area contributed by atoms with Gasteiger partial charge in [-0.2, -0.15) is 0 Å². The summed E-state index contributed by atoms with van der Waals surface area (Å²) in [5.41, 5.74) is 2.73. The number of cyclic esters (lactones) is 1. The van der Waals surface area contributed by atoms with Crippen molar-refractivity contribution in [2.45, 2.75) is 20.3 Å². The van der Waals surface area contributed by atoms with Crippen molar-refractivity contribution < 1.29 is 18.7 Å². The molecule has 0 radical (unpaired) electrons. The van der Waals surface area contributed by atoms with Crippen molar-refractivity contribution >= 4 is 23.5 Å². The number of hydrogen-bond donors (Lipinski definition) is 0. The van der Waals surface area contributed by atoms with E-state index in [-0.39, 0.29) is 18.1 Å². The third-order valence-electron chi connectivity index (χ3n) is 5.58. The Kier molecular flexibility index (Phi) is 5.57. The largest absolute Gasteiger partial charge is 0.447 e. The molecule has 30 heavy (non-hydrogen) atoms. The summed E-state index contributed by atoms with van der Waals surface area (Å²) in [5, 5.41) is 0. The molecule has 2 aromatic rings. The van der Waals surface area contributed by atoms with Crippen LogP contribution in [-0.4, -0.2) is 61.2 Å². The number of benzene rings is 1. The van der Waals surface area contributed by atoms with Crippen LogP contribution in [0.3, 0.4) is 0 Å². The molecule has 0 bridgehead atoms. The fourth-order valence-electron chi connectivity index (χ4n) is 3.93. The SMILES string of the molecule is CCc1cc(C)cnc1N1CCN(C(=O)c2ccc(N3CCOC3=O)cc2F)CC1. The fourth-order valence-corrected chi connectivity index (χ4v) is 3.93. The lowest BCUT2D eigenvalue weighted by molar-refractivity contribution is 0.0742. The van der Waals surface area contributed by atoms with Crippen molar-refractivity contribution in [2.24, 2.45) is 0 Å². The lowest BCUT2D eigenvalue weighted by Crippen LogP contribution is -2.49. The molecule has 2 aliphatic heterocycles. The summed E-state index contributed by atoms with van der Waals surface area (Å²) in [5.74, 6) is -0.00777. The highest BCUT2D eigenvalue weighted by atomic mass is 19.1. The van der Waals surface area contributed by atoms with Crippen LogP contribution in [0.1, 0.15) is 28.4 Å². The van der Waals surface area contributed by atoms with Crippen molar-refractivity contribution in [1.29, 1.82) is 0 Å². The van der Waals surface area contributed by atoms with E-state index >= 15 is 0 Å². The van der Waals surface area contributed by atoms with Gasteiger partial charge in [0.1, 0.15) is 18.2 Å². The van der Waals surface area contributed by atoms with Crippen LogP contribution in [0.5, 0.6) is 0 Å². The Morgan fingerprint density at radius 1 is 1.17 bits per heavy atom. The quantitative estimate of drug-likeness (QED) is 0.772. The van der Waals surface area contributed by atoms with Crippen LogP contribution >= 0.6 is 0 Å². The number of pyridine rings is 1. The summed E-state index contributed by atoms with van der Waals surface area (Å²) in [6.07, 6.45) is 2.26. The third kappa shape index (κ3) is 3.81. The van der Waals surface area contributed by atoms with Gasteiger partial charge < -0.3 is 14.5 Å². The minimum atomic E-state index is -0.631. The minimum Gasteiger partial charge on any atom is -0.447 e. The van der Waals surface area contributed by atoms with Crippen LogP contribution in [-0.2, 0) is 11.2 Å². The first kappa shape index (κ1) is 20.1. The molecule has 0 saturated carbocycles. The first-order valence-electron chi connectivity index (χ1n) is 10.2. The van der Waals surface area contributed by atoms with Crippen LogP contribution in [0.15, 0.2) is 30.5 Å². The van der Waals surface area contributed by atoms with Gasteiger partial charge in [-0.3, -0.25) is 9.69 Å². The van der Waals surface area contributed by atoms with Gasteiger partial charge in [0.15, 0.2) is 0 Å². The number of piperazine rings is 1. The highest BCUT2D eigenvalue weighted by Gasteiger charge is 2.28. The molecule has 7 nitrogen and oxygen atoms in total. The van der Waals surface area contributed by atoms with Gasteiger partial charge in [-0.15, -0.1) is 0 Å². The average Bonchev–Trinajstić information content (AvgIpc) is 3.19. The van der Waals surface area contributed by atoms with Gasteiger partial charge in [-0.1, -0.05) is 13.0 Å². The van der Waals surface area contributed by atoms with Gasteiger partial charge in [0.2, 0.25) is 0 Å². The summed E-state index contributed by atoms with van der Waals surface area (Å²) < 4.78 is 19.5. The lowest BCUT2D eigenvalue weighted by atomic mass is 10.1. The molecular formula is C22H25FN4O3. The standard InChI is InChI=1S/C22H25FN4O3/c1-3-16-12-15(2)14-24-20(16)25-6-8-26(9-7-25)21(28)18-5-4-17(13-19(18)23)27-10-11-30-22(27)29/h4-5,12-14H,3,6-11H2,1-2H3. The highest BCUT2D eigenvalue weighted by Crippen LogP contribution is 2.24. The summed E-state index contributed by atoms with van der Waals surface area (Å²) in [6.45, 7) is 7.07. The Bertz CT molecular complexity index is 973. The molecule has 0 aliphatic carbocycles. The maximum atomic E-state index is 14.7. The van der Waals surface area contributed by atoms with Crippen LogP contribution in [0.4, 0.5) is 20.7 Å². The number of carbonyl (C=O) groups excluding carboxylic acids is 2. The molecule has 2 amide bonds. The second-order valence-corrected chi connectivity index (χ2v) is 7.56. The number of aryl methyl sites for hydroxylation is 2. The van der Waals surface area contributed by atoms with E-state index < -0.39 is 11.9 Å². The maximum Gasteiger partial charge on any atom is 0.414 e. The van der Waals surface area contributed by atoms with Gasteiger partial charge in [-0.25, -0.2) is 14.2 Å². The Labute approximate surface area is 175 Å². The van der Waals surface area contributed by atoms with Gasteiger partial charge in [-0.05, 0) is 42.7 Å². The summed E-state index contributed by atoms with van der Waals surface area (Å²) in [4.78, 5) is 34.3. The molecule has 0 spiro atoms. The molecule has 2 saturated heterocycles. The van der Waals surface area contributed by atoms with E-state index in [0.717, 1.165) is 17.8 Å². The minimum absolute atomic E-state index is 0.0162. The zero-order valence-electron chi connectivity index (χ0n) is 17.2. The first-order valence-corrected chi connectivity index (χ1v) is 10.2. The Morgan fingerprint density at radius 2 is 1.93 bits per heavy atom. The lowest BCUT2D eigenvalue weighted by Gasteiger charge is -2.36. The number of halogens is 1. The molecule has 1 aromatic carbocycles. The van der Waals surface area contributed by atoms with Crippen molar-refractivity contribution in [2.75, 3.05) is 49.1 Å². The van der Waals surface area contributed by atoms with Gasteiger partial charge in [0.25, 0.3) is 5.91 Å². The van der Waals surface area contributed by atoms with Crippen LogP contribution in [0.2, 0.25) is 0 Å². The van der Waals surface area contributed by atoms with Gasteiger partial charge in [0, 0.05) is 32.4 Å². The molecule has 0 N–H and O–H groups in total. The second kappa shape index (κ2) is 8.30. The first-order chi connectivity index (χ1) is 14.5. The topological polar surface area (TPSA) is 66.0 Å². The number of rotatable bonds is 4. The van der Waals surface area contributed by atoms with E-state index in [1.807, 2.05) is 13.1 Å². The smallest absolute Gasteiger partial charge is 0.414 e. The molecule has 3 heterocycles. The van der Waals surface area contributed by atoms with E-state index in [4.69, 9.17) is 4.74 Å². The van der Waals surface area contributed by atoms with Crippen LogP contribution < -0.4 is 9.80 Å². The average molecular weight is 412 g/mol. The van der Waals surface area contributed by atoms with Crippen LogP contribution in [0.25, 0.3) is 0 Å².